The molecule has 0 saturated carbocycles. The van der Waals surface area contributed by atoms with Crippen LogP contribution in [0.1, 0.15) is 0 Å². The summed E-state index contributed by atoms with van der Waals surface area (Å²) in [6, 6.07) is 7.27. The van der Waals surface area contributed by atoms with E-state index in [1.165, 1.54) is 16.7 Å². The molecular weight excluding hydrogens is 398 g/mol. The SMILES string of the molecule is NC(=O)C1CN(C(=O)CSCC(=O)Nc2cccc(Br)c2)CCO1. The lowest BCUT2D eigenvalue weighted by molar-refractivity contribution is -0.143. The second-order valence-corrected chi connectivity index (χ2v) is 7.05. The van der Waals surface area contributed by atoms with Crippen LogP contribution < -0.4 is 11.1 Å². The quantitative estimate of drug-likeness (QED) is 0.716. The van der Waals surface area contributed by atoms with E-state index in [4.69, 9.17) is 10.5 Å². The molecule has 1 aliphatic heterocycles. The third-order valence-electron chi connectivity index (χ3n) is 3.30. The van der Waals surface area contributed by atoms with Crippen molar-refractivity contribution in [3.05, 3.63) is 28.7 Å². The van der Waals surface area contributed by atoms with Gasteiger partial charge in [0, 0.05) is 16.7 Å². The van der Waals surface area contributed by atoms with E-state index in [1.54, 1.807) is 12.1 Å². The molecule has 3 amide bonds. The molecule has 1 fully saturated rings. The number of hydrogen-bond acceptors (Lipinski definition) is 5. The molecule has 0 aliphatic carbocycles. The van der Waals surface area contributed by atoms with Crippen LogP contribution in [-0.4, -0.2) is 59.9 Å². The Morgan fingerprint density at radius 1 is 1.38 bits per heavy atom. The molecule has 1 aliphatic rings. The minimum Gasteiger partial charge on any atom is -0.367 e. The van der Waals surface area contributed by atoms with Gasteiger partial charge >= 0.3 is 0 Å². The summed E-state index contributed by atoms with van der Waals surface area (Å²) in [5.41, 5.74) is 5.88. The summed E-state index contributed by atoms with van der Waals surface area (Å²) in [6.45, 7) is 0.875. The Hall–Kier alpha value is -1.58. The van der Waals surface area contributed by atoms with Gasteiger partial charge in [-0.1, -0.05) is 22.0 Å². The molecule has 1 aromatic carbocycles. The third kappa shape index (κ3) is 5.81. The summed E-state index contributed by atoms with van der Waals surface area (Å²) in [6.07, 6.45) is -0.757. The fourth-order valence-electron chi connectivity index (χ4n) is 2.13. The van der Waals surface area contributed by atoms with Gasteiger partial charge in [0.15, 0.2) is 6.10 Å². The van der Waals surface area contributed by atoms with E-state index in [1.807, 2.05) is 12.1 Å². The number of thioether (sulfide) groups is 1. The first-order valence-corrected chi connectivity index (χ1v) is 9.22. The van der Waals surface area contributed by atoms with Gasteiger partial charge in [0.25, 0.3) is 0 Å². The first-order valence-electron chi connectivity index (χ1n) is 7.27. The summed E-state index contributed by atoms with van der Waals surface area (Å²) >= 11 is 4.56. The standard InChI is InChI=1S/C15H18BrN3O4S/c16-10-2-1-3-11(6-10)18-13(20)8-24-9-14(21)19-4-5-23-12(7-19)15(17)22/h1-3,6,12H,4-5,7-9H2,(H2,17,22)(H,18,20). The van der Waals surface area contributed by atoms with E-state index < -0.39 is 12.0 Å². The number of anilines is 1. The van der Waals surface area contributed by atoms with Crippen molar-refractivity contribution in [2.24, 2.45) is 5.73 Å². The average molecular weight is 416 g/mol. The zero-order valence-corrected chi connectivity index (χ0v) is 15.3. The number of carbonyl (C=O) groups is 3. The number of ether oxygens (including phenoxy) is 1. The van der Waals surface area contributed by atoms with Crippen molar-refractivity contribution in [3.8, 4) is 0 Å². The first kappa shape index (κ1) is 18.8. The van der Waals surface area contributed by atoms with Crippen LogP contribution in [0.25, 0.3) is 0 Å². The van der Waals surface area contributed by atoms with E-state index >= 15 is 0 Å². The summed E-state index contributed by atoms with van der Waals surface area (Å²) in [5, 5.41) is 2.76. The van der Waals surface area contributed by atoms with Crippen LogP contribution >= 0.6 is 27.7 Å². The third-order valence-corrected chi connectivity index (χ3v) is 4.71. The highest BCUT2D eigenvalue weighted by Crippen LogP contribution is 2.16. The molecule has 0 spiro atoms. The average Bonchev–Trinajstić information content (AvgIpc) is 2.54. The van der Waals surface area contributed by atoms with Crippen molar-refractivity contribution in [1.29, 1.82) is 0 Å². The van der Waals surface area contributed by atoms with Crippen LogP contribution in [0.2, 0.25) is 0 Å². The van der Waals surface area contributed by atoms with Crippen LogP contribution in [0, 0.1) is 0 Å². The molecule has 0 radical (unpaired) electrons. The molecule has 9 heteroatoms. The number of benzene rings is 1. The monoisotopic (exact) mass is 415 g/mol. The Balaban J connectivity index is 1.72. The van der Waals surface area contributed by atoms with Crippen molar-refractivity contribution < 1.29 is 19.1 Å². The largest absolute Gasteiger partial charge is 0.367 e. The second-order valence-electron chi connectivity index (χ2n) is 5.15. The van der Waals surface area contributed by atoms with Crippen molar-refractivity contribution in [2.75, 3.05) is 36.5 Å². The van der Waals surface area contributed by atoms with Crippen molar-refractivity contribution in [3.63, 3.8) is 0 Å². The first-order chi connectivity index (χ1) is 11.5. The van der Waals surface area contributed by atoms with Gasteiger partial charge in [-0.2, -0.15) is 0 Å². The molecule has 1 atom stereocenters. The topological polar surface area (TPSA) is 102 Å². The minimum absolute atomic E-state index is 0.134. The Morgan fingerprint density at radius 3 is 2.88 bits per heavy atom. The van der Waals surface area contributed by atoms with Gasteiger partial charge in [0.2, 0.25) is 17.7 Å². The second kappa shape index (κ2) is 9.05. The van der Waals surface area contributed by atoms with Crippen LogP contribution in [0.3, 0.4) is 0 Å². The van der Waals surface area contributed by atoms with Crippen molar-refractivity contribution in [1.82, 2.24) is 4.90 Å². The molecule has 2 rings (SSSR count). The Bertz CT molecular complexity index is 628. The lowest BCUT2D eigenvalue weighted by Gasteiger charge is -2.31. The fraction of sp³-hybridized carbons (Fsp3) is 0.400. The summed E-state index contributed by atoms with van der Waals surface area (Å²) < 4.78 is 6.07. The van der Waals surface area contributed by atoms with Gasteiger partial charge in [-0.3, -0.25) is 14.4 Å². The van der Waals surface area contributed by atoms with Crippen molar-refractivity contribution in [2.45, 2.75) is 6.10 Å². The summed E-state index contributed by atoms with van der Waals surface area (Å²) in [4.78, 5) is 36.6. The predicted octanol–water partition coefficient (Wildman–Crippen LogP) is 0.833. The highest BCUT2D eigenvalue weighted by molar-refractivity contribution is 9.10. The molecule has 7 nitrogen and oxygen atoms in total. The fourth-order valence-corrected chi connectivity index (χ4v) is 3.25. The van der Waals surface area contributed by atoms with E-state index in [2.05, 4.69) is 21.2 Å². The number of nitrogens with two attached hydrogens (primary N) is 1. The van der Waals surface area contributed by atoms with E-state index in [0.717, 1.165) is 4.47 Å². The number of amides is 3. The number of morpholine rings is 1. The zero-order chi connectivity index (χ0) is 17.5. The highest BCUT2D eigenvalue weighted by Gasteiger charge is 2.27. The summed E-state index contributed by atoms with van der Waals surface area (Å²) in [7, 11) is 0. The molecule has 24 heavy (non-hydrogen) atoms. The molecule has 0 aromatic heterocycles. The number of nitrogens with one attached hydrogen (secondary N) is 1. The minimum atomic E-state index is -0.757. The van der Waals surface area contributed by atoms with E-state index in [9.17, 15) is 14.4 Å². The maximum absolute atomic E-state index is 12.1. The maximum Gasteiger partial charge on any atom is 0.248 e. The van der Waals surface area contributed by atoms with Crippen molar-refractivity contribution >= 4 is 51.1 Å². The number of rotatable bonds is 6. The van der Waals surface area contributed by atoms with Crippen LogP contribution in [0.4, 0.5) is 5.69 Å². The van der Waals surface area contributed by atoms with E-state index in [0.29, 0.717) is 12.2 Å². The van der Waals surface area contributed by atoms with Gasteiger partial charge < -0.3 is 20.7 Å². The van der Waals surface area contributed by atoms with Crippen LogP contribution in [0.5, 0.6) is 0 Å². The Labute approximate surface area is 152 Å². The normalized spacial score (nSPS) is 17.4. The number of nitrogens with zero attached hydrogens (tertiary/aromatic N) is 1. The Morgan fingerprint density at radius 2 is 2.17 bits per heavy atom. The molecule has 130 valence electrons. The van der Waals surface area contributed by atoms with Gasteiger partial charge in [-0.15, -0.1) is 11.8 Å². The molecule has 1 saturated heterocycles. The molecule has 0 bridgehead atoms. The maximum atomic E-state index is 12.1. The molecule has 1 unspecified atom stereocenters. The molecule has 1 heterocycles. The van der Waals surface area contributed by atoms with Gasteiger partial charge in [-0.25, -0.2) is 0 Å². The van der Waals surface area contributed by atoms with Crippen LogP contribution in [-0.2, 0) is 19.1 Å². The zero-order valence-electron chi connectivity index (χ0n) is 12.9. The Kier molecular flexibility index (Phi) is 7.07. The van der Waals surface area contributed by atoms with Gasteiger partial charge in [0.05, 0.1) is 24.7 Å². The molecular formula is C15H18BrN3O4S. The van der Waals surface area contributed by atoms with Crippen LogP contribution in [0.15, 0.2) is 28.7 Å². The molecule has 3 N–H and O–H groups in total. The number of halogens is 1. The van der Waals surface area contributed by atoms with E-state index in [-0.39, 0.29) is 36.5 Å². The number of hydrogen-bond donors (Lipinski definition) is 2. The number of carbonyl (C=O) groups excluding carboxylic acids is 3. The predicted molar refractivity (Wildman–Crippen MR) is 95.6 cm³/mol. The number of primary amides is 1. The molecule has 1 aromatic rings. The lowest BCUT2D eigenvalue weighted by Crippen LogP contribution is -2.50. The smallest absolute Gasteiger partial charge is 0.248 e. The lowest BCUT2D eigenvalue weighted by atomic mass is 10.2. The van der Waals surface area contributed by atoms with Gasteiger partial charge in [-0.05, 0) is 18.2 Å². The summed E-state index contributed by atoms with van der Waals surface area (Å²) in [5.74, 6) is -0.555. The highest BCUT2D eigenvalue weighted by atomic mass is 79.9. The van der Waals surface area contributed by atoms with Gasteiger partial charge in [0.1, 0.15) is 0 Å².